The number of fused-ring (bicyclic) bond motifs is 1. The minimum Gasteiger partial charge on any atom is -0.497 e. The molecular weight excluding hydrogens is 254 g/mol. The average molecular weight is 273 g/mol. The maximum Gasteiger partial charge on any atom is 0.216 e. The zero-order chi connectivity index (χ0) is 14.5. The monoisotopic (exact) mass is 273 g/mol. The van der Waals surface area contributed by atoms with Crippen molar-refractivity contribution in [1.29, 1.82) is 0 Å². The van der Waals surface area contributed by atoms with Gasteiger partial charge in [-0.05, 0) is 31.2 Å². The Morgan fingerprint density at radius 1 is 1.30 bits per heavy atom. The quantitative estimate of drug-likeness (QED) is 0.819. The SMILES string of the molecule is COc1ccc2nc(C)cc(NCCNC(C)=O)c2c1. The van der Waals surface area contributed by atoms with Crippen molar-refractivity contribution in [2.24, 2.45) is 0 Å². The minimum atomic E-state index is -0.0239. The number of anilines is 1. The molecule has 0 atom stereocenters. The topological polar surface area (TPSA) is 63.2 Å². The normalized spacial score (nSPS) is 10.3. The minimum absolute atomic E-state index is 0.0239. The fraction of sp³-hybridized carbons (Fsp3) is 0.333. The Hall–Kier alpha value is -2.30. The van der Waals surface area contributed by atoms with Gasteiger partial charge in [0.1, 0.15) is 5.75 Å². The predicted molar refractivity (Wildman–Crippen MR) is 80.2 cm³/mol. The van der Waals surface area contributed by atoms with Crippen molar-refractivity contribution in [3.8, 4) is 5.75 Å². The van der Waals surface area contributed by atoms with Gasteiger partial charge in [-0.1, -0.05) is 0 Å². The highest BCUT2D eigenvalue weighted by atomic mass is 16.5. The van der Waals surface area contributed by atoms with E-state index in [4.69, 9.17) is 4.74 Å². The molecule has 20 heavy (non-hydrogen) atoms. The van der Waals surface area contributed by atoms with Gasteiger partial charge in [0.2, 0.25) is 5.91 Å². The van der Waals surface area contributed by atoms with Crippen molar-refractivity contribution in [2.45, 2.75) is 13.8 Å². The molecule has 0 spiro atoms. The molecule has 2 N–H and O–H groups in total. The van der Waals surface area contributed by atoms with E-state index in [9.17, 15) is 4.79 Å². The largest absolute Gasteiger partial charge is 0.497 e. The van der Waals surface area contributed by atoms with Crippen LogP contribution >= 0.6 is 0 Å². The first kappa shape index (κ1) is 14.1. The van der Waals surface area contributed by atoms with Crippen LogP contribution in [0.15, 0.2) is 24.3 Å². The molecule has 2 aromatic rings. The van der Waals surface area contributed by atoms with Crippen LogP contribution in [0.2, 0.25) is 0 Å². The standard InChI is InChI=1S/C15H19N3O2/c1-10-8-15(17-7-6-16-11(2)19)13-9-12(20-3)4-5-14(13)18-10/h4-5,8-9H,6-7H2,1-3H3,(H,16,19)(H,17,18). The molecule has 106 valence electrons. The second kappa shape index (κ2) is 6.23. The molecule has 5 heteroatoms. The highest BCUT2D eigenvalue weighted by molar-refractivity contribution is 5.92. The van der Waals surface area contributed by atoms with Crippen LogP contribution in [0.25, 0.3) is 10.9 Å². The number of benzene rings is 1. The Morgan fingerprint density at radius 3 is 2.80 bits per heavy atom. The summed E-state index contributed by atoms with van der Waals surface area (Å²) < 4.78 is 5.25. The molecule has 5 nitrogen and oxygen atoms in total. The van der Waals surface area contributed by atoms with Gasteiger partial charge in [-0.25, -0.2) is 0 Å². The number of nitrogens with zero attached hydrogens (tertiary/aromatic N) is 1. The lowest BCUT2D eigenvalue weighted by Crippen LogP contribution is -2.26. The molecule has 0 bridgehead atoms. The molecule has 1 aromatic carbocycles. The van der Waals surface area contributed by atoms with E-state index in [-0.39, 0.29) is 5.91 Å². The molecule has 1 heterocycles. The third kappa shape index (κ3) is 3.38. The van der Waals surface area contributed by atoms with Gasteiger partial charge in [0, 0.05) is 36.8 Å². The summed E-state index contributed by atoms with van der Waals surface area (Å²) in [6.45, 7) is 4.72. The van der Waals surface area contributed by atoms with Crippen molar-refractivity contribution in [3.63, 3.8) is 0 Å². The van der Waals surface area contributed by atoms with Crippen molar-refractivity contribution >= 4 is 22.5 Å². The molecule has 1 aromatic heterocycles. The van der Waals surface area contributed by atoms with E-state index in [0.29, 0.717) is 13.1 Å². The number of nitrogens with one attached hydrogen (secondary N) is 2. The van der Waals surface area contributed by atoms with Gasteiger partial charge in [-0.3, -0.25) is 9.78 Å². The molecule has 0 saturated carbocycles. The predicted octanol–water partition coefficient (Wildman–Crippen LogP) is 2.10. The summed E-state index contributed by atoms with van der Waals surface area (Å²) in [6.07, 6.45) is 0. The number of hydrogen-bond donors (Lipinski definition) is 2. The summed E-state index contributed by atoms with van der Waals surface area (Å²) in [7, 11) is 1.65. The van der Waals surface area contributed by atoms with E-state index in [1.54, 1.807) is 7.11 Å². The summed E-state index contributed by atoms with van der Waals surface area (Å²) >= 11 is 0. The number of carbonyl (C=O) groups is 1. The second-order valence-electron chi connectivity index (χ2n) is 4.60. The average Bonchev–Trinajstić information content (AvgIpc) is 2.42. The molecular formula is C15H19N3O2. The summed E-state index contributed by atoms with van der Waals surface area (Å²) in [5.41, 5.74) is 2.87. The van der Waals surface area contributed by atoms with Gasteiger partial charge >= 0.3 is 0 Å². The summed E-state index contributed by atoms with van der Waals surface area (Å²) in [5.74, 6) is 0.775. The number of carbonyl (C=O) groups excluding carboxylic acids is 1. The van der Waals surface area contributed by atoms with E-state index in [1.165, 1.54) is 6.92 Å². The van der Waals surface area contributed by atoms with E-state index >= 15 is 0 Å². The number of aromatic nitrogens is 1. The molecule has 0 aliphatic heterocycles. The second-order valence-corrected chi connectivity index (χ2v) is 4.60. The Balaban J connectivity index is 2.23. The van der Waals surface area contributed by atoms with Crippen LogP contribution < -0.4 is 15.4 Å². The van der Waals surface area contributed by atoms with E-state index in [1.807, 2.05) is 31.2 Å². The third-order valence-electron chi connectivity index (χ3n) is 2.96. The van der Waals surface area contributed by atoms with Crippen LogP contribution in [0.4, 0.5) is 5.69 Å². The van der Waals surface area contributed by atoms with Crippen LogP contribution in [-0.2, 0) is 4.79 Å². The van der Waals surface area contributed by atoms with Crippen LogP contribution in [-0.4, -0.2) is 31.1 Å². The number of ether oxygens (including phenoxy) is 1. The summed E-state index contributed by atoms with van der Waals surface area (Å²) in [5, 5.41) is 7.10. The highest BCUT2D eigenvalue weighted by Crippen LogP contribution is 2.26. The van der Waals surface area contributed by atoms with Crippen LogP contribution in [0.1, 0.15) is 12.6 Å². The lowest BCUT2D eigenvalue weighted by molar-refractivity contribution is -0.118. The van der Waals surface area contributed by atoms with Crippen LogP contribution in [0, 0.1) is 6.92 Å². The smallest absolute Gasteiger partial charge is 0.216 e. The Morgan fingerprint density at radius 2 is 2.10 bits per heavy atom. The first-order valence-electron chi connectivity index (χ1n) is 6.54. The van der Waals surface area contributed by atoms with Gasteiger partial charge in [-0.2, -0.15) is 0 Å². The van der Waals surface area contributed by atoms with Gasteiger partial charge < -0.3 is 15.4 Å². The Bertz CT molecular complexity index is 626. The number of hydrogen-bond acceptors (Lipinski definition) is 4. The zero-order valence-electron chi connectivity index (χ0n) is 12.0. The molecule has 1 amide bonds. The van der Waals surface area contributed by atoms with Gasteiger partial charge in [-0.15, -0.1) is 0 Å². The number of methoxy groups -OCH3 is 1. The van der Waals surface area contributed by atoms with E-state index < -0.39 is 0 Å². The van der Waals surface area contributed by atoms with Crippen molar-refractivity contribution in [2.75, 3.05) is 25.5 Å². The molecule has 0 fully saturated rings. The Labute approximate surface area is 118 Å². The highest BCUT2D eigenvalue weighted by Gasteiger charge is 2.05. The van der Waals surface area contributed by atoms with Crippen molar-refractivity contribution in [3.05, 3.63) is 30.0 Å². The fourth-order valence-corrected chi connectivity index (χ4v) is 2.05. The van der Waals surface area contributed by atoms with E-state index in [2.05, 4.69) is 15.6 Å². The van der Waals surface area contributed by atoms with Crippen molar-refractivity contribution < 1.29 is 9.53 Å². The Kier molecular flexibility index (Phi) is 4.40. The maximum absolute atomic E-state index is 10.8. The van der Waals surface area contributed by atoms with Gasteiger partial charge in [0.25, 0.3) is 0 Å². The maximum atomic E-state index is 10.8. The van der Waals surface area contributed by atoms with Gasteiger partial charge in [0.15, 0.2) is 0 Å². The number of pyridine rings is 1. The molecule has 0 aliphatic rings. The molecule has 2 rings (SSSR count). The van der Waals surface area contributed by atoms with Crippen molar-refractivity contribution in [1.82, 2.24) is 10.3 Å². The lowest BCUT2D eigenvalue weighted by atomic mass is 10.1. The number of rotatable bonds is 5. The first-order valence-corrected chi connectivity index (χ1v) is 6.54. The number of aryl methyl sites for hydroxylation is 1. The van der Waals surface area contributed by atoms with Crippen LogP contribution in [0.5, 0.6) is 5.75 Å². The number of amides is 1. The van der Waals surface area contributed by atoms with E-state index in [0.717, 1.165) is 28.0 Å². The zero-order valence-corrected chi connectivity index (χ0v) is 12.0. The molecule has 0 saturated heterocycles. The van der Waals surface area contributed by atoms with Gasteiger partial charge in [0.05, 0.1) is 12.6 Å². The molecule has 0 aliphatic carbocycles. The fourth-order valence-electron chi connectivity index (χ4n) is 2.05. The summed E-state index contributed by atoms with van der Waals surface area (Å²) in [4.78, 5) is 15.3. The molecule has 0 radical (unpaired) electrons. The molecule has 0 unspecified atom stereocenters. The third-order valence-corrected chi connectivity index (χ3v) is 2.96. The first-order chi connectivity index (χ1) is 9.60. The lowest BCUT2D eigenvalue weighted by Gasteiger charge is -2.12. The summed E-state index contributed by atoms with van der Waals surface area (Å²) in [6, 6.07) is 7.80. The van der Waals surface area contributed by atoms with Crippen LogP contribution in [0.3, 0.4) is 0 Å².